The molecule has 6 aliphatic rings. The summed E-state index contributed by atoms with van der Waals surface area (Å²) in [6.45, 7) is 3.12. The fraction of sp³-hybridized carbons (Fsp3) is 0.810. The molecule has 138 valence electrons. The minimum absolute atomic E-state index is 0.0262. The number of hydrogen-bond donors (Lipinski definition) is 0. The molecule has 0 aromatic rings. The third kappa shape index (κ3) is 1.67. The normalized spacial score (nSPS) is 51.5. The van der Waals surface area contributed by atoms with E-state index >= 15 is 0 Å². The van der Waals surface area contributed by atoms with Crippen LogP contribution in [-0.4, -0.2) is 29.9 Å². The first-order valence-corrected chi connectivity index (χ1v) is 10.3. The molecule has 5 heteroatoms. The lowest BCUT2D eigenvalue weighted by molar-refractivity contribution is -0.153. The summed E-state index contributed by atoms with van der Waals surface area (Å²) in [7, 11) is 0. The predicted molar refractivity (Wildman–Crippen MR) is 93.4 cm³/mol. The van der Waals surface area contributed by atoms with Crippen LogP contribution in [-0.2, 0) is 14.3 Å². The van der Waals surface area contributed by atoms with Crippen molar-refractivity contribution in [2.24, 2.45) is 38.8 Å². The summed E-state index contributed by atoms with van der Waals surface area (Å²) in [6.07, 6.45) is 9.53. The van der Waals surface area contributed by atoms with Crippen LogP contribution in [0.4, 0.5) is 0 Å². The number of Topliss-reactive ketones (excluding diaryl/α,β-unsaturated/α-hetero) is 1. The average Bonchev–Trinajstić information content (AvgIpc) is 3.37. The Kier molecular flexibility index (Phi) is 2.85. The minimum atomic E-state index is -0.369. The topological polar surface area (TPSA) is 68.1 Å². The standard InChI is InChI=1S/C21H26N2O3/c1-19-7-6-16-20-8-5-13(24)10-12(20)4-9-21(16,26-11-20)15(19)3-2-14(19)17(25)18-22-23-18/h10,14-16,18H,2-9,11H2,1H3/t14-,15-,16-,19+,20-,21-/m0/s1. The molecule has 4 fully saturated rings. The Morgan fingerprint density at radius 1 is 1.12 bits per heavy atom. The van der Waals surface area contributed by atoms with E-state index in [0.29, 0.717) is 24.0 Å². The van der Waals surface area contributed by atoms with E-state index in [1.165, 1.54) is 5.57 Å². The summed E-state index contributed by atoms with van der Waals surface area (Å²) in [5, 5.41) is 7.82. The average molecular weight is 354 g/mol. The number of hydrogen-bond acceptors (Lipinski definition) is 5. The molecule has 0 aromatic carbocycles. The Morgan fingerprint density at radius 3 is 2.77 bits per heavy atom. The molecular weight excluding hydrogens is 328 g/mol. The zero-order chi connectivity index (χ0) is 17.7. The van der Waals surface area contributed by atoms with Gasteiger partial charge in [-0.1, -0.05) is 12.5 Å². The first-order chi connectivity index (χ1) is 12.5. The van der Waals surface area contributed by atoms with Crippen molar-refractivity contribution >= 4 is 11.6 Å². The van der Waals surface area contributed by atoms with Crippen molar-refractivity contribution in [3.63, 3.8) is 0 Å². The van der Waals surface area contributed by atoms with Gasteiger partial charge < -0.3 is 4.74 Å². The third-order valence-electron chi connectivity index (χ3n) is 9.16. The highest BCUT2D eigenvalue weighted by atomic mass is 16.5. The molecule has 2 bridgehead atoms. The Balaban J connectivity index is 1.39. The van der Waals surface area contributed by atoms with Crippen LogP contribution in [0.5, 0.6) is 0 Å². The molecule has 4 aliphatic carbocycles. The van der Waals surface area contributed by atoms with Crippen LogP contribution >= 0.6 is 0 Å². The van der Waals surface area contributed by atoms with Gasteiger partial charge in [-0.2, -0.15) is 10.2 Å². The van der Waals surface area contributed by atoms with E-state index < -0.39 is 0 Å². The highest BCUT2D eigenvalue weighted by Gasteiger charge is 2.72. The van der Waals surface area contributed by atoms with Gasteiger partial charge in [0.1, 0.15) is 0 Å². The molecular formula is C21H26N2O3. The second kappa shape index (κ2) is 4.73. The van der Waals surface area contributed by atoms with Crippen molar-refractivity contribution in [1.82, 2.24) is 0 Å². The maximum absolute atomic E-state index is 12.8. The van der Waals surface area contributed by atoms with Gasteiger partial charge in [-0.15, -0.1) is 0 Å². The molecule has 0 N–H and O–H groups in total. The lowest BCUT2D eigenvalue weighted by Crippen LogP contribution is -2.58. The Hall–Kier alpha value is -1.36. The molecule has 1 saturated heterocycles. The first kappa shape index (κ1) is 15.7. The van der Waals surface area contributed by atoms with Crippen molar-refractivity contribution in [3.8, 4) is 0 Å². The van der Waals surface area contributed by atoms with E-state index in [2.05, 4.69) is 17.2 Å². The molecule has 0 amide bonds. The molecule has 1 spiro atoms. The number of carbonyl (C=O) groups is 2. The summed E-state index contributed by atoms with van der Waals surface area (Å²) >= 11 is 0. The summed E-state index contributed by atoms with van der Waals surface area (Å²) < 4.78 is 6.74. The Labute approximate surface area is 153 Å². The number of ether oxygens (including phenoxy) is 1. The van der Waals surface area contributed by atoms with Gasteiger partial charge in [0.25, 0.3) is 0 Å². The van der Waals surface area contributed by atoms with E-state index in [1.807, 2.05) is 6.08 Å². The molecule has 26 heavy (non-hydrogen) atoms. The van der Waals surface area contributed by atoms with Crippen molar-refractivity contribution in [3.05, 3.63) is 11.6 Å². The number of rotatable bonds is 2. The second-order valence-corrected chi connectivity index (χ2v) is 9.82. The van der Waals surface area contributed by atoms with E-state index in [1.54, 1.807) is 0 Å². The Bertz CT molecular complexity index is 782. The van der Waals surface area contributed by atoms with Gasteiger partial charge in [-0.25, -0.2) is 0 Å². The SMILES string of the molecule is C[C@]12CC[C@H]3[C@]45CCC(=O)C=C4CC[C@]3(OC5)[C@H]1CC[C@H]2C(=O)C1N=N1. The van der Waals surface area contributed by atoms with Crippen molar-refractivity contribution in [2.45, 2.75) is 70.1 Å². The van der Waals surface area contributed by atoms with Gasteiger partial charge in [0.15, 0.2) is 11.6 Å². The highest BCUT2D eigenvalue weighted by molar-refractivity contribution is 5.92. The summed E-state index contributed by atoms with van der Waals surface area (Å²) in [5.41, 5.74) is 1.43. The lowest BCUT2D eigenvalue weighted by Gasteiger charge is -2.58. The molecule has 2 aliphatic heterocycles. The molecule has 3 saturated carbocycles. The van der Waals surface area contributed by atoms with Gasteiger partial charge in [0, 0.05) is 17.8 Å². The van der Waals surface area contributed by atoms with Crippen LogP contribution in [0, 0.1) is 28.6 Å². The third-order valence-corrected chi connectivity index (χ3v) is 9.16. The molecule has 0 aromatic heterocycles. The minimum Gasteiger partial charge on any atom is -0.373 e. The fourth-order valence-corrected chi connectivity index (χ4v) is 7.98. The first-order valence-electron chi connectivity index (χ1n) is 10.3. The zero-order valence-electron chi connectivity index (χ0n) is 15.4. The molecule has 2 heterocycles. The van der Waals surface area contributed by atoms with E-state index in [-0.39, 0.29) is 34.3 Å². The van der Waals surface area contributed by atoms with Gasteiger partial charge in [0.05, 0.1) is 12.2 Å². The summed E-state index contributed by atoms with van der Waals surface area (Å²) in [5.74, 6) is 1.63. The van der Waals surface area contributed by atoms with Crippen LogP contribution in [0.3, 0.4) is 0 Å². The zero-order valence-corrected chi connectivity index (χ0v) is 15.4. The highest BCUT2D eigenvalue weighted by Crippen LogP contribution is 2.72. The monoisotopic (exact) mass is 354 g/mol. The quantitative estimate of drug-likeness (QED) is 0.760. The molecule has 5 nitrogen and oxygen atoms in total. The number of ketones is 2. The maximum Gasteiger partial charge on any atom is 0.238 e. The number of fused-ring (bicyclic) bond motifs is 1. The number of carbonyl (C=O) groups excluding carboxylic acids is 2. The van der Waals surface area contributed by atoms with Crippen molar-refractivity contribution < 1.29 is 14.3 Å². The van der Waals surface area contributed by atoms with Gasteiger partial charge in [-0.3, -0.25) is 9.59 Å². The van der Waals surface area contributed by atoms with E-state index in [9.17, 15) is 9.59 Å². The summed E-state index contributed by atoms with van der Waals surface area (Å²) in [6, 6.07) is 0. The summed E-state index contributed by atoms with van der Waals surface area (Å²) in [4.78, 5) is 24.8. The van der Waals surface area contributed by atoms with Crippen LogP contribution in [0.1, 0.15) is 58.3 Å². The van der Waals surface area contributed by atoms with Crippen LogP contribution in [0.2, 0.25) is 0 Å². The van der Waals surface area contributed by atoms with Gasteiger partial charge in [-0.05, 0) is 68.3 Å². The van der Waals surface area contributed by atoms with Crippen molar-refractivity contribution in [1.29, 1.82) is 0 Å². The number of nitrogens with zero attached hydrogens (tertiary/aromatic N) is 2. The molecule has 6 atom stereocenters. The maximum atomic E-state index is 12.8. The largest absolute Gasteiger partial charge is 0.373 e. The van der Waals surface area contributed by atoms with Gasteiger partial charge >= 0.3 is 0 Å². The van der Waals surface area contributed by atoms with Crippen LogP contribution in [0.15, 0.2) is 21.9 Å². The van der Waals surface area contributed by atoms with Crippen LogP contribution in [0.25, 0.3) is 0 Å². The van der Waals surface area contributed by atoms with Gasteiger partial charge in [0.2, 0.25) is 6.17 Å². The molecule has 6 rings (SSSR count). The van der Waals surface area contributed by atoms with E-state index in [0.717, 1.165) is 51.6 Å². The fourth-order valence-electron chi connectivity index (χ4n) is 7.98. The van der Waals surface area contributed by atoms with Crippen LogP contribution < -0.4 is 0 Å². The predicted octanol–water partition coefficient (Wildman–Crippen LogP) is 3.63. The van der Waals surface area contributed by atoms with Crippen molar-refractivity contribution in [2.75, 3.05) is 6.61 Å². The second-order valence-electron chi connectivity index (χ2n) is 9.82. The molecule has 0 radical (unpaired) electrons. The van der Waals surface area contributed by atoms with E-state index in [4.69, 9.17) is 4.74 Å². The molecule has 0 unspecified atom stereocenters. The smallest absolute Gasteiger partial charge is 0.238 e. The lowest BCUT2D eigenvalue weighted by atomic mass is 9.46. The Morgan fingerprint density at radius 2 is 1.96 bits per heavy atom.